The minimum atomic E-state index is -1.28. The molecule has 0 saturated heterocycles. The van der Waals surface area contributed by atoms with Crippen LogP contribution < -0.4 is 10.6 Å². The first-order valence-corrected chi connectivity index (χ1v) is 8.04. The summed E-state index contributed by atoms with van der Waals surface area (Å²) >= 11 is 0. The van der Waals surface area contributed by atoms with E-state index in [1.54, 1.807) is 19.1 Å². The molecule has 1 aliphatic rings. The van der Waals surface area contributed by atoms with Gasteiger partial charge in [-0.2, -0.15) is 0 Å². The minimum Gasteiger partial charge on any atom is -0.451 e. The quantitative estimate of drug-likeness (QED) is 0.580. The van der Waals surface area contributed by atoms with Gasteiger partial charge in [-0.05, 0) is 32.9 Å². The molecule has 0 fully saturated rings. The van der Waals surface area contributed by atoms with E-state index in [0.717, 1.165) is 4.90 Å². The van der Waals surface area contributed by atoms with E-state index in [-0.39, 0.29) is 11.1 Å². The fraction of sp³-hybridized carbons (Fsp3) is 0.353. The molecule has 2 N–H and O–H groups in total. The molecule has 2 rings (SSSR count). The molecule has 1 aromatic carbocycles. The number of carbonyl (C=O) groups is 5. The smallest absolute Gasteiger partial charge is 0.329 e. The molecule has 0 bridgehead atoms. The average molecular weight is 361 g/mol. The molecule has 1 aromatic rings. The number of fused-ring (bicyclic) bond motifs is 1. The second-order valence-corrected chi connectivity index (χ2v) is 5.63. The Hall–Kier alpha value is -3.23. The van der Waals surface area contributed by atoms with Crippen LogP contribution in [0.1, 0.15) is 41.5 Å². The molecule has 0 aliphatic carbocycles. The van der Waals surface area contributed by atoms with Crippen molar-refractivity contribution >= 4 is 29.7 Å². The summed E-state index contributed by atoms with van der Waals surface area (Å²) in [4.78, 5) is 60.9. The van der Waals surface area contributed by atoms with Crippen molar-refractivity contribution in [3.8, 4) is 0 Å². The molecule has 2 unspecified atom stereocenters. The zero-order valence-corrected chi connectivity index (χ0v) is 14.6. The number of amides is 5. The monoisotopic (exact) mass is 361 g/mol. The van der Waals surface area contributed by atoms with Crippen molar-refractivity contribution in [3.05, 3.63) is 35.4 Å². The van der Waals surface area contributed by atoms with Crippen LogP contribution in [0.5, 0.6) is 0 Å². The Morgan fingerprint density at radius 3 is 2.12 bits per heavy atom. The van der Waals surface area contributed by atoms with Crippen molar-refractivity contribution in [1.82, 2.24) is 15.5 Å². The molecule has 9 heteroatoms. The van der Waals surface area contributed by atoms with Crippen LogP contribution in [0.2, 0.25) is 0 Å². The SMILES string of the molecule is CCNC(=O)NC(=O)C(C)OC(=O)C(C)N1C(=O)c2ccccc2C1=O. The molecule has 0 aromatic heterocycles. The molecule has 1 heterocycles. The number of rotatable bonds is 5. The number of carbonyl (C=O) groups excluding carboxylic acids is 5. The maximum absolute atomic E-state index is 12.4. The van der Waals surface area contributed by atoms with Crippen LogP contribution in [-0.4, -0.2) is 53.3 Å². The van der Waals surface area contributed by atoms with Crippen molar-refractivity contribution in [2.24, 2.45) is 0 Å². The summed E-state index contributed by atoms with van der Waals surface area (Å²) in [6, 6.07) is 4.29. The number of hydrogen-bond acceptors (Lipinski definition) is 6. The van der Waals surface area contributed by atoms with Crippen LogP contribution in [0.15, 0.2) is 24.3 Å². The topological polar surface area (TPSA) is 122 Å². The maximum atomic E-state index is 12.4. The van der Waals surface area contributed by atoms with Crippen molar-refractivity contribution < 1.29 is 28.7 Å². The fourth-order valence-electron chi connectivity index (χ4n) is 2.41. The largest absolute Gasteiger partial charge is 0.451 e. The molecular weight excluding hydrogens is 342 g/mol. The second-order valence-electron chi connectivity index (χ2n) is 5.63. The number of nitrogens with one attached hydrogen (secondary N) is 2. The number of benzene rings is 1. The lowest BCUT2D eigenvalue weighted by Gasteiger charge is -2.22. The molecule has 1 aliphatic heterocycles. The average Bonchev–Trinajstić information content (AvgIpc) is 2.85. The van der Waals surface area contributed by atoms with E-state index in [1.165, 1.54) is 26.0 Å². The molecule has 2 atom stereocenters. The van der Waals surface area contributed by atoms with Gasteiger partial charge in [-0.1, -0.05) is 12.1 Å². The van der Waals surface area contributed by atoms with Crippen LogP contribution in [-0.2, 0) is 14.3 Å². The third-order valence-electron chi connectivity index (χ3n) is 3.79. The Balaban J connectivity index is 2.02. The van der Waals surface area contributed by atoms with Gasteiger partial charge in [0.1, 0.15) is 6.04 Å². The number of nitrogens with zero attached hydrogens (tertiary/aromatic N) is 1. The van der Waals surface area contributed by atoms with Gasteiger partial charge in [-0.3, -0.25) is 24.6 Å². The summed E-state index contributed by atoms with van der Waals surface area (Å²) in [7, 11) is 0. The van der Waals surface area contributed by atoms with Crippen molar-refractivity contribution in [3.63, 3.8) is 0 Å². The lowest BCUT2D eigenvalue weighted by Crippen LogP contribution is -2.48. The standard InChI is InChI=1S/C17H19N3O6/c1-4-18-17(25)19-13(21)10(3)26-16(24)9(2)20-14(22)11-7-5-6-8-12(11)15(20)23/h5-10H,4H2,1-3H3,(H2,18,19,21,25). The third-order valence-corrected chi connectivity index (χ3v) is 3.79. The van der Waals surface area contributed by atoms with Crippen molar-refractivity contribution in [2.45, 2.75) is 32.9 Å². The molecule has 26 heavy (non-hydrogen) atoms. The number of ether oxygens (including phenoxy) is 1. The molecule has 5 amide bonds. The Labute approximate surface area is 149 Å². The van der Waals surface area contributed by atoms with Gasteiger partial charge in [0.05, 0.1) is 11.1 Å². The van der Waals surface area contributed by atoms with Crippen LogP contribution in [0.4, 0.5) is 4.79 Å². The van der Waals surface area contributed by atoms with Gasteiger partial charge < -0.3 is 10.1 Å². The first-order valence-electron chi connectivity index (χ1n) is 8.04. The lowest BCUT2D eigenvalue weighted by atomic mass is 10.1. The molecule has 0 saturated carbocycles. The van der Waals surface area contributed by atoms with E-state index in [1.807, 2.05) is 5.32 Å². The van der Waals surface area contributed by atoms with Crippen LogP contribution in [0.3, 0.4) is 0 Å². The Bertz CT molecular complexity index is 741. The second kappa shape index (κ2) is 7.77. The molecule has 138 valence electrons. The van der Waals surface area contributed by atoms with E-state index in [2.05, 4.69) is 5.32 Å². The normalized spacial score (nSPS) is 15.1. The zero-order chi connectivity index (χ0) is 19.4. The fourth-order valence-corrected chi connectivity index (χ4v) is 2.41. The van der Waals surface area contributed by atoms with Crippen molar-refractivity contribution in [1.29, 1.82) is 0 Å². The van der Waals surface area contributed by atoms with E-state index in [9.17, 15) is 24.0 Å². The van der Waals surface area contributed by atoms with Gasteiger partial charge in [-0.15, -0.1) is 0 Å². The van der Waals surface area contributed by atoms with Gasteiger partial charge in [0.25, 0.3) is 17.7 Å². The highest BCUT2D eigenvalue weighted by molar-refractivity contribution is 6.22. The molecule has 9 nitrogen and oxygen atoms in total. The van der Waals surface area contributed by atoms with E-state index >= 15 is 0 Å². The van der Waals surface area contributed by atoms with Gasteiger partial charge in [0.2, 0.25) is 0 Å². The number of hydrogen-bond donors (Lipinski definition) is 2. The van der Waals surface area contributed by atoms with E-state index in [4.69, 9.17) is 4.74 Å². The first kappa shape index (κ1) is 19.1. The van der Waals surface area contributed by atoms with E-state index < -0.39 is 41.9 Å². The van der Waals surface area contributed by atoms with Crippen LogP contribution in [0.25, 0.3) is 0 Å². The number of imide groups is 2. The van der Waals surface area contributed by atoms with Crippen molar-refractivity contribution in [2.75, 3.05) is 6.54 Å². The van der Waals surface area contributed by atoms with E-state index in [0.29, 0.717) is 6.54 Å². The first-order chi connectivity index (χ1) is 12.3. The molecule has 0 radical (unpaired) electrons. The number of esters is 1. The van der Waals surface area contributed by atoms with Gasteiger partial charge in [0, 0.05) is 6.54 Å². The predicted molar refractivity (Wildman–Crippen MR) is 89.2 cm³/mol. The molecule has 0 spiro atoms. The summed E-state index contributed by atoms with van der Waals surface area (Å²) in [5.41, 5.74) is 0.415. The zero-order valence-electron chi connectivity index (χ0n) is 14.6. The summed E-state index contributed by atoms with van der Waals surface area (Å²) in [5.74, 6) is -2.96. The maximum Gasteiger partial charge on any atom is 0.329 e. The van der Waals surface area contributed by atoms with Gasteiger partial charge >= 0.3 is 12.0 Å². The summed E-state index contributed by atoms with van der Waals surface area (Å²) < 4.78 is 4.98. The highest BCUT2D eigenvalue weighted by Gasteiger charge is 2.41. The minimum absolute atomic E-state index is 0.208. The Kier molecular flexibility index (Phi) is 5.71. The van der Waals surface area contributed by atoms with Gasteiger partial charge in [0.15, 0.2) is 6.10 Å². The lowest BCUT2D eigenvalue weighted by molar-refractivity contribution is -0.157. The van der Waals surface area contributed by atoms with Crippen LogP contribution in [0, 0.1) is 0 Å². The Morgan fingerprint density at radius 1 is 1.08 bits per heavy atom. The summed E-state index contributed by atoms with van der Waals surface area (Å²) in [6.07, 6.45) is -1.28. The predicted octanol–water partition coefficient (Wildman–Crippen LogP) is 0.449. The highest BCUT2D eigenvalue weighted by Crippen LogP contribution is 2.24. The third kappa shape index (κ3) is 3.71. The Morgan fingerprint density at radius 2 is 1.62 bits per heavy atom. The molecular formula is C17H19N3O6. The number of urea groups is 1. The summed E-state index contributed by atoms with van der Waals surface area (Å²) in [6.45, 7) is 4.61. The van der Waals surface area contributed by atoms with Gasteiger partial charge in [-0.25, -0.2) is 9.59 Å². The highest BCUT2D eigenvalue weighted by atomic mass is 16.5. The summed E-state index contributed by atoms with van der Waals surface area (Å²) in [5, 5.41) is 4.38. The van der Waals surface area contributed by atoms with Crippen LogP contribution >= 0.6 is 0 Å².